The van der Waals surface area contributed by atoms with Crippen molar-refractivity contribution in [3.8, 4) is 0 Å². The number of carbonyl (C=O) groups is 1. The minimum atomic E-state index is -4.47. The molecule has 0 saturated carbocycles. The summed E-state index contributed by atoms with van der Waals surface area (Å²) >= 11 is 0. The molecular weight excluding hydrogens is 459 g/mol. The summed E-state index contributed by atoms with van der Waals surface area (Å²) in [7, 11) is 0. The average molecular weight is 486 g/mol. The van der Waals surface area contributed by atoms with Gasteiger partial charge >= 0.3 is 6.18 Å². The zero-order valence-corrected chi connectivity index (χ0v) is 19.1. The van der Waals surface area contributed by atoms with Crippen molar-refractivity contribution in [2.45, 2.75) is 25.4 Å². The third-order valence-electron chi connectivity index (χ3n) is 6.35. The van der Waals surface area contributed by atoms with Crippen LogP contribution in [0.2, 0.25) is 0 Å². The fourth-order valence-electron chi connectivity index (χ4n) is 4.53. The number of hydrogen-bond donors (Lipinski definition) is 1. The first kappa shape index (κ1) is 23.3. The van der Waals surface area contributed by atoms with Gasteiger partial charge in [-0.05, 0) is 49.6 Å². The molecule has 0 spiro atoms. The lowest BCUT2D eigenvalue weighted by atomic mass is 10.1. The summed E-state index contributed by atoms with van der Waals surface area (Å²) in [6, 6.07) is 10.7. The number of carbonyl (C=O) groups excluding carboxylic acids is 1. The van der Waals surface area contributed by atoms with Gasteiger partial charge in [0.2, 0.25) is 0 Å². The molecule has 2 aromatic carbocycles. The first-order valence-electron chi connectivity index (χ1n) is 11.8. The fourth-order valence-corrected chi connectivity index (χ4v) is 4.53. The molecule has 0 bridgehead atoms. The molecule has 2 saturated heterocycles. The lowest BCUT2D eigenvalue weighted by molar-refractivity contribution is -0.137. The Labute approximate surface area is 200 Å². The lowest BCUT2D eigenvalue weighted by Crippen LogP contribution is -2.38. The molecule has 1 N–H and O–H groups in total. The highest BCUT2D eigenvalue weighted by molar-refractivity contribution is 6.08. The fraction of sp³-hybridized carbons (Fsp3) is 0.400. The van der Waals surface area contributed by atoms with Crippen LogP contribution in [0.3, 0.4) is 0 Å². The molecule has 2 aliphatic heterocycles. The highest BCUT2D eigenvalue weighted by Gasteiger charge is 2.32. The van der Waals surface area contributed by atoms with E-state index in [1.54, 1.807) is 6.07 Å². The first-order valence-corrected chi connectivity index (χ1v) is 11.8. The largest absolute Gasteiger partial charge is 0.416 e. The molecule has 5 rings (SSSR count). The highest BCUT2D eigenvalue weighted by atomic mass is 19.4. The van der Waals surface area contributed by atoms with E-state index in [0.29, 0.717) is 67.6 Å². The van der Waals surface area contributed by atoms with Gasteiger partial charge in [0.05, 0.1) is 41.2 Å². The van der Waals surface area contributed by atoms with E-state index in [9.17, 15) is 18.0 Å². The van der Waals surface area contributed by atoms with Crippen molar-refractivity contribution in [2.75, 3.05) is 54.5 Å². The van der Waals surface area contributed by atoms with E-state index >= 15 is 0 Å². The second-order valence-electron chi connectivity index (χ2n) is 8.72. The average Bonchev–Trinajstić information content (AvgIpc) is 2.88. The minimum Gasteiger partial charge on any atom is -0.378 e. The summed E-state index contributed by atoms with van der Waals surface area (Å²) in [5.74, 6) is -0.0707. The monoisotopic (exact) mass is 485 g/mol. The van der Waals surface area contributed by atoms with E-state index in [2.05, 4.69) is 10.3 Å². The van der Waals surface area contributed by atoms with Crippen LogP contribution in [-0.4, -0.2) is 55.3 Å². The molecule has 10 heteroatoms. The Morgan fingerprint density at radius 3 is 2.26 bits per heavy atom. The SMILES string of the molecule is O=C(Nc1ccc(C(F)(F)F)cc1N1CCCCC1)c1nc2ccccc2nc1N1CCOCC1. The van der Waals surface area contributed by atoms with E-state index in [4.69, 9.17) is 9.72 Å². The maximum absolute atomic E-state index is 13.5. The number of hydrogen-bond acceptors (Lipinski definition) is 6. The van der Waals surface area contributed by atoms with Crippen molar-refractivity contribution in [1.29, 1.82) is 0 Å². The van der Waals surface area contributed by atoms with Crippen LogP contribution in [0.5, 0.6) is 0 Å². The molecule has 7 nitrogen and oxygen atoms in total. The molecule has 184 valence electrons. The second kappa shape index (κ2) is 9.69. The van der Waals surface area contributed by atoms with Crippen LogP contribution in [0.1, 0.15) is 35.3 Å². The topological polar surface area (TPSA) is 70.6 Å². The third kappa shape index (κ3) is 5.02. The van der Waals surface area contributed by atoms with Gasteiger partial charge in [-0.25, -0.2) is 9.97 Å². The van der Waals surface area contributed by atoms with Crippen molar-refractivity contribution >= 4 is 34.1 Å². The van der Waals surface area contributed by atoms with Gasteiger partial charge in [-0.15, -0.1) is 0 Å². The number of nitrogens with one attached hydrogen (secondary N) is 1. The molecule has 2 aliphatic rings. The van der Waals surface area contributed by atoms with Crippen LogP contribution in [0.25, 0.3) is 11.0 Å². The number of para-hydroxylation sites is 2. The van der Waals surface area contributed by atoms with Gasteiger partial charge < -0.3 is 19.9 Å². The quantitative estimate of drug-likeness (QED) is 0.576. The summed E-state index contributed by atoms with van der Waals surface area (Å²) in [5, 5.41) is 2.84. The summed E-state index contributed by atoms with van der Waals surface area (Å²) in [6.07, 6.45) is -1.66. The predicted molar refractivity (Wildman–Crippen MR) is 128 cm³/mol. The lowest BCUT2D eigenvalue weighted by Gasteiger charge is -2.31. The number of nitrogens with zero attached hydrogens (tertiary/aromatic N) is 4. The maximum atomic E-state index is 13.5. The number of piperidine rings is 1. The maximum Gasteiger partial charge on any atom is 0.416 e. The van der Waals surface area contributed by atoms with Crippen molar-refractivity contribution in [2.24, 2.45) is 0 Å². The van der Waals surface area contributed by atoms with Gasteiger partial charge in [0, 0.05) is 26.2 Å². The Hall–Kier alpha value is -3.40. The van der Waals surface area contributed by atoms with Crippen molar-refractivity contribution in [3.05, 3.63) is 53.7 Å². The van der Waals surface area contributed by atoms with E-state index < -0.39 is 17.6 Å². The van der Waals surface area contributed by atoms with Crippen LogP contribution in [-0.2, 0) is 10.9 Å². The zero-order chi connectivity index (χ0) is 24.4. The number of ether oxygens (including phenoxy) is 1. The van der Waals surface area contributed by atoms with Gasteiger partial charge in [-0.3, -0.25) is 4.79 Å². The van der Waals surface area contributed by atoms with Gasteiger partial charge in [0.25, 0.3) is 5.91 Å². The smallest absolute Gasteiger partial charge is 0.378 e. The molecule has 35 heavy (non-hydrogen) atoms. The van der Waals surface area contributed by atoms with Crippen LogP contribution >= 0.6 is 0 Å². The zero-order valence-electron chi connectivity index (χ0n) is 19.1. The van der Waals surface area contributed by atoms with Crippen LogP contribution in [0.4, 0.5) is 30.4 Å². The molecule has 1 amide bonds. The number of halogens is 3. The van der Waals surface area contributed by atoms with Gasteiger partial charge in [-0.2, -0.15) is 13.2 Å². The number of aromatic nitrogens is 2. The Morgan fingerprint density at radius 2 is 1.57 bits per heavy atom. The summed E-state index contributed by atoms with van der Waals surface area (Å²) in [6.45, 7) is 3.42. The number of anilines is 3. The van der Waals surface area contributed by atoms with Crippen LogP contribution in [0.15, 0.2) is 42.5 Å². The van der Waals surface area contributed by atoms with E-state index in [0.717, 1.165) is 31.4 Å². The van der Waals surface area contributed by atoms with Crippen molar-refractivity contribution in [3.63, 3.8) is 0 Å². The Kier molecular flexibility index (Phi) is 6.46. The summed E-state index contributed by atoms with van der Waals surface area (Å²) in [5.41, 5.74) is 1.32. The normalized spacial score (nSPS) is 17.0. The molecule has 3 aromatic rings. The number of rotatable bonds is 4. The predicted octanol–water partition coefficient (Wildman–Crippen LogP) is 4.73. The molecular formula is C25H26F3N5O2. The number of alkyl halides is 3. The van der Waals surface area contributed by atoms with Crippen molar-refractivity contribution in [1.82, 2.24) is 9.97 Å². The van der Waals surface area contributed by atoms with Gasteiger partial charge in [0.15, 0.2) is 11.5 Å². The Bertz CT molecular complexity index is 1220. The van der Waals surface area contributed by atoms with E-state index in [1.165, 1.54) is 6.07 Å². The van der Waals surface area contributed by atoms with Gasteiger partial charge in [-0.1, -0.05) is 12.1 Å². The third-order valence-corrected chi connectivity index (χ3v) is 6.35. The second-order valence-corrected chi connectivity index (χ2v) is 8.72. The summed E-state index contributed by atoms with van der Waals surface area (Å²) in [4.78, 5) is 26.7. The number of morpholine rings is 1. The Morgan fingerprint density at radius 1 is 0.886 bits per heavy atom. The number of benzene rings is 2. The molecule has 1 aromatic heterocycles. The molecule has 3 heterocycles. The highest BCUT2D eigenvalue weighted by Crippen LogP contribution is 2.37. The number of amides is 1. The first-order chi connectivity index (χ1) is 16.9. The Balaban J connectivity index is 1.53. The van der Waals surface area contributed by atoms with Crippen LogP contribution in [0, 0.1) is 0 Å². The molecule has 0 radical (unpaired) electrons. The minimum absolute atomic E-state index is 0.134. The van der Waals surface area contributed by atoms with Crippen molar-refractivity contribution < 1.29 is 22.7 Å². The van der Waals surface area contributed by atoms with Crippen LogP contribution < -0.4 is 15.1 Å². The standard InChI is InChI=1S/C25H26F3N5O2/c26-25(27,28)17-8-9-20(21(16-17)32-10-4-1-5-11-32)31-24(34)22-23(33-12-14-35-15-13-33)30-19-7-3-2-6-18(19)29-22/h2-3,6-9,16H,1,4-5,10-15H2,(H,31,34). The van der Waals surface area contributed by atoms with E-state index in [-0.39, 0.29) is 5.69 Å². The summed E-state index contributed by atoms with van der Waals surface area (Å²) < 4.78 is 45.8. The molecule has 0 atom stereocenters. The molecule has 0 aliphatic carbocycles. The molecule has 0 unspecified atom stereocenters. The van der Waals surface area contributed by atoms with Gasteiger partial charge in [0.1, 0.15) is 0 Å². The van der Waals surface area contributed by atoms with E-state index in [1.807, 2.05) is 28.0 Å². The molecule has 2 fully saturated rings. The number of fused-ring (bicyclic) bond motifs is 1.